The number of hydrogen-bond donors (Lipinski definition) is 0. The second-order valence-corrected chi connectivity index (χ2v) is 36.0. The van der Waals surface area contributed by atoms with E-state index in [1.54, 1.807) is 37.2 Å². The number of aromatic nitrogens is 10. The van der Waals surface area contributed by atoms with Crippen molar-refractivity contribution in [2.75, 3.05) is 0 Å². The Morgan fingerprint density at radius 3 is 0.687 bits per heavy atom. The largest absolute Gasteiger partial charge is 0.455 e. The van der Waals surface area contributed by atoms with Crippen LogP contribution in [0.3, 0.4) is 0 Å². The third-order valence-corrected chi connectivity index (χ3v) is 26.8. The summed E-state index contributed by atoms with van der Waals surface area (Å²) in [5.74, 6) is 0. The molecule has 13 heteroatoms. The van der Waals surface area contributed by atoms with E-state index < -0.39 is 0 Å². The highest BCUT2D eigenvalue weighted by atomic mass is 16.3. The maximum atomic E-state index is 6.71. The third kappa shape index (κ3) is 18.0. The lowest BCUT2D eigenvalue weighted by Crippen LogP contribution is -1.95. The highest BCUT2D eigenvalue weighted by Gasteiger charge is 2.26. The molecule has 0 fully saturated rings. The number of fused-ring (bicyclic) bond motifs is 9. The predicted molar refractivity (Wildman–Crippen MR) is 597 cm³/mol. The summed E-state index contributed by atoms with van der Waals surface area (Å²) in [5.41, 5.74) is 40.9. The summed E-state index contributed by atoms with van der Waals surface area (Å²) in [6, 6.07) is 165. The van der Waals surface area contributed by atoms with Crippen LogP contribution < -0.4 is 0 Å². The third-order valence-electron chi connectivity index (χ3n) is 26.8. The standard InChI is InChI=1S/2C45H29N3O.C44H28N4O/c1-3-13-30(14-4-1)34-26-37(31-15-5-2-6-16-31)45-38(27-34)44-36(19-12-22-43(44)49-45)33-18-11-17-32(25-33)35-28-41(39-20-7-9-23-46-39)48-42(29-35)40-21-8-10-24-47-40;1-3-12-30(13-4-1)34-26-37(32-14-5-2-6-15-32)45-38(27-34)44-36(16-11-19-43(44)49-45)33-22-20-31(21-23-33)35-28-41(39-17-7-9-24-46-39)48-42(29-35)40-18-8-10-25-47-40;1-3-12-29(13-4-1)32-24-35(30-14-5-2-6-15-30)44-36(25-32)43-34(16-11-19-42(43)49-44)31-20-21-37(47-28-31)33-26-40(38-17-7-9-22-45-38)48-41(27-33)39-18-8-10-23-46-39/h2*1-29H;1-28H. The normalized spacial score (nSPS) is 11.3. The Labute approximate surface area is 847 Å². The Hall–Kier alpha value is -20.0. The van der Waals surface area contributed by atoms with Crippen molar-refractivity contribution >= 4 is 65.8 Å². The molecular weight excluding hydrogens is 1800 g/mol. The van der Waals surface area contributed by atoms with Gasteiger partial charge in [-0.2, -0.15) is 0 Å². The summed E-state index contributed by atoms with van der Waals surface area (Å²) in [6.45, 7) is 0. The lowest BCUT2D eigenvalue weighted by molar-refractivity contribution is 0.669. The Morgan fingerprint density at radius 2 is 0.374 bits per heavy atom. The van der Waals surface area contributed by atoms with Crippen LogP contribution in [-0.2, 0) is 0 Å². The van der Waals surface area contributed by atoms with Gasteiger partial charge >= 0.3 is 0 Å². The first kappa shape index (κ1) is 88.4. The van der Waals surface area contributed by atoms with E-state index in [0.717, 1.165) is 257 Å². The van der Waals surface area contributed by atoms with Crippen molar-refractivity contribution in [3.8, 4) is 202 Å². The zero-order chi connectivity index (χ0) is 97.7. The van der Waals surface area contributed by atoms with Gasteiger partial charge in [0, 0.05) is 104 Å². The van der Waals surface area contributed by atoms with E-state index in [0.29, 0.717) is 0 Å². The lowest BCUT2D eigenvalue weighted by Gasteiger charge is -2.11. The Morgan fingerprint density at radius 1 is 0.129 bits per heavy atom. The quantitative estimate of drug-likeness (QED) is 0.0796. The fourth-order valence-corrected chi connectivity index (χ4v) is 19.8. The molecule has 13 aromatic heterocycles. The molecule has 690 valence electrons. The van der Waals surface area contributed by atoms with Crippen molar-refractivity contribution in [2.45, 2.75) is 0 Å². The van der Waals surface area contributed by atoms with Gasteiger partial charge in [0.2, 0.25) is 0 Å². The zero-order valence-corrected chi connectivity index (χ0v) is 79.3. The van der Waals surface area contributed by atoms with Crippen LogP contribution in [0.25, 0.3) is 268 Å². The summed E-state index contributed by atoms with van der Waals surface area (Å²) in [4.78, 5) is 47.3. The second-order valence-electron chi connectivity index (χ2n) is 36.0. The summed E-state index contributed by atoms with van der Waals surface area (Å²) in [7, 11) is 0. The van der Waals surface area contributed by atoms with Gasteiger partial charge in [0.25, 0.3) is 0 Å². The fraction of sp³-hybridized carbons (Fsp3) is 0. The molecular formula is C134H86N10O3. The monoisotopic (exact) mass is 1880 g/mol. The lowest BCUT2D eigenvalue weighted by atomic mass is 9.92. The average Bonchev–Trinajstić information content (AvgIpc) is 1.60. The molecule has 0 atom stereocenters. The number of furan rings is 3. The maximum absolute atomic E-state index is 6.71. The second kappa shape index (κ2) is 39.6. The van der Waals surface area contributed by atoms with Gasteiger partial charge in [-0.1, -0.05) is 303 Å². The van der Waals surface area contributed by atoms with Crippen LogP contribution in [0.15, 0.2) is 536 Å². The van der Waals surface area contributed by atoms with Gasteiger partial charge in [0.05, 0.1) is 74.0 Å². The molecule has 27 rings (SSSR count). The van der Waals surface area contributed by atoms with Crippen molar-refractivity contribution in [3.05, 3.63) is 523 Å². The molecule has 0 saturated carbocycles. The topological polar surface area (TPSA) is 168 Å². The first-order valence-electron chi connectivity index (χ1n) is 48.9. The molecule has 0 aliphatic carbocycles. The Bertz CT molecular complexity index is 8910. The van der Waals surface area contributed by atoms with E-state index >= 15 is 0 Å². The highest BCUT2D eigenvalue weighted by molar-refractivity contribution is 6.20. The smallest absolute Gasteiger partial charge is 0.143 e. The van der Waals surface area contributed by atoms with Crippen molar-refractivity contribution in [2.24, 2.45) is 0 Å². The van der Waals surface area contributed by atoms with E-state index in [1.807, 2.05) is 158 Å². The number of benzene rings is 14. The van der Waals surface area contributed by atoms with Crippen molar-refractivity contribution in [1.82, 2.24) is 49.8 Å². The molecule has 0 aliphatic rings. The molecule has 0 aliphatic heterocycles. The van der Waals surface area contributed by atoms with Gasteiger partial charge in [0.1, 0.15) is 33.5 Å². The summed E-state index contributed by atoms with van der Waals surface area (Å²) in [6.07, 6.45) is 12.7. The number of pyridine rings is 10. The molecule has 0 spiro atoms. The summed E-state index contributed by atoms with van der Waals surface area (Å²) < 4.78 is 20.0. The van der Waals surface area contributed by atoms with Crippen molar-refractivity contribution in [3.63, 3.8) is 0 Å². The fourth-order valence-electron chi connectivity index (χ4n) is 19.8. The van der Waals surface area contributed by atoms with Crippen LogP contribution in [0.5, 0.6) is 0 Å². The summed E-state index contributed by atoms with van der Waals surface area (Å²) in [5, 5.41) is 6.55. The van der Waals surface area contributed by atoms with Crippen molar-refractivity contribution < 1.29 is 13.3 Å². The van der Waals surface area contributed by atoms with Crippen LogP contribution >= 0.6 is 0 Å². The molecule has 14 aromatic carbocycles. The molecule has 13 nitrogen and oxygen atoms in total. The minimum atomic E-state index is 0.766. The molecule has 0 N–H and O–H groups in total. The molecule has 0 saturated heterocycles. The van der Waals surface area contributed by atoms with E-state index in [2.05, 4.69) is 357 Å². The molecule has 0 unspecified atom stereocenters. The maximum Gasteiger partial charge on any atom is 0.143 e. The zero-order valence-electron chi connectivity index (χ0n) is 79.3. The van der Waals surface area contributed by atoms with Gasteiger partial charge in [-0.15, -0.1) is 0 Å². The van der Waals surface area contributed by atoms with Gasteiger partial charge in [-0.05, 0) is 276 Å². The van der Waals surface area contributed by atoms with Gasteiger partial charge in [0.15, 0.2) is 0 Å². The Kier molecular flexibility index (Phi) is 23.8. The molecule has 147 heavy (non-hydrogen) atoms. The minimum absolute atomic E-state index is 0.766. The molecule has 0 amide bonds. The first-order chi connectivity index (χ1) is 72.8. The van der Waals surface area contributed by atoms with Gasteiger partial charge in [-0.25, -0.2) is 15.0 Å². The van der Waals surface area contributed by atoms with Crippen LogP contribution in [0.4, 0.5) is 0 Å². The SMILES string of the molecule is c1ccc(-c2cc(-c3ccccc3)c3oc4cccc(-c5ccc(-c6cc(-c7ccccn7)nc(-c7ccccn7)c6)cc5)c4c3c2)cc1.c1ccc(-c2cc(-c3ccccc3)c3oc4cccc(-c5ccc(-c6cc(-c7ccccn7)nc(-c7ccccn7)c6)nc5)c4c3c2)cc1.c1ccc(-c2cc(-c3ccccc3)c3oc4cccc(-c5cccc(-c6cc(-c7ccccn7)nc(-c7ccccn7)c6)c5)c4c3c2)cc1. The van der Waals surface area contributed by atoms with E-state index in [1.165, 1.54) is 11.1 Å². The summed E-state index contributed by atoms with van der Waals surface area (Å²) >= 11 is 0. The first-order valence-corrected chi connectivity index (χ1v) is 48.9. The Balaban J connectivity index is 0.000000115. The molecule has 0 bridgehead atoms. The van der Waals surface area contributed by atoms with Gasteiger partial charge in [-0.3, -0.25) is 34.9 Å². The predicted octanol–water partition coefficient (Wildman–Crippen LogP) is 34.7. The van der Waals surface area contributed by atoms with E-state index in [9.17, 15) is 0 Å². The van der Waals surface area contributed by atoms with Crippen LogP contribution in [-0.4, -0.2) is 49.8 Å². The minimum Gasteiger partial charge on any atom is -0.455 e. The average molecular weight is 1880 g/mol. The van der Waals surface area contributed by atoms with Crippen LogP contribution in [0, 0.1) is 0 Å². The van der Waals surface area contributed by atoms with Gasteiger partial charge < -0.3 is 13.3 Å². The van der Waals surface area contributed by atoms with E-state index in [4.69, 9.17) is 33.2 Å². The van der Waals surface area contributed by atoms with Crippen molar-refractivity contribution in [1.29, 1.82) is 0 Å². The van der Waals surface area contributed by atoms with Crippen LogP contribution in [0.2, 0.25) is 0 Å². The van der Waals surface area contributed by atoms with Crippen LogP contribution in [0.1, 0.15) is 0 Å². The molecule has 27 aromatic rings. The molecule has 13 heterocycles. The number of nitrogens with zero attached hydrogens (tertiary/aromatic N) is 10. The highest BCUT2D eigenvalue weighted by Crippen LogP contribution is 2.49. The number of hydrogen-bond acceptors (Lipinski definition) is 13. The molecule has 0 radical (unpaired) electrons. The number of rotatable bonds is 18. The van der Waals surface area contributed by atoms with E-state index in [-0.39, 0.29) is 0 Å².